The third-order valence-corrected chi connectivity index (χ3v) is 3.93. The van der Waals surface area contributed by atoms with Crippen LogP contribution in [0.3, 0.4) is 0 Å². The van der Waals surface area contributed by atoms with Gasteiger partial charge in [-0.1, -0.05) is 62.7 Å². The lowest BCUT2D eigenvalue weighted by Gasteiger charge is -2.19. The molecule has 0 saturated carbocycles. The van der Waals surface area contributed by atoms with E-state index < -0.39 is 0 Å². The van der Waals surface area contributed by atoms with E-state index in [1.807, 2.05) is 24.3 Å². The largest absolute Gasteiger partial charge is 0.248 e. The van der Waals surface area contributed by atoms with E-state index in [2.05, 4.69) is 51.1 Å². The molecule has 1 nitrogen and oxygen atoms in total. The molecule has 0 unspecified atom stereocenters. The van der Waals surface area contributed by atoms with Crippen molar-refractivity contribution < 1.29 is 0 Å². The second-order valence-corrected chi connectivity index (χ2v) is 6.80. The molecule has 0 saturated heterocycles. The van der Waals surface area contributed by atoms with Gasteiger partial charge in [0.15, 0.2) is 0 Å². The van der Waals surface area contributed by atoms with Gasteiger partial charge in [-0.05, 0) is 35.2 Å². The fraction of sp³-hybridized carbons (Fsp3) is 0.211. The third-order valence-electron chi connectivity index (χ3n) is 3.70. The van der Waals surface area contributed by atoms with Gasteiger partial charge in [-0.15, -0.1) is 0 Å². The van der Waals surface area contributed by atoms with E-state index in [1.54, 1.807) is 0 Å². The van der Waals surface area contributed by atoms with Crippen molar-refractivity contribution in [3.05, 3.63) is 65.2 Å². The first-order valence-corrected chi connectivity index (χ1v) is 7.48. The molecule has 0 aliphatic rings. The van der Waals surface area contributed by atoms with Crippen LogP contribution in [0.15, 0.2) is 54.6 Å². The van der Waals surface area contributed by atoms with Gasteiger partial charge in [0.25, 0.3) is 0 Å². The Kier molecular flexibility index (Phi) is 3.46. The maximum Gasteiger partial charge on any atom is 0.0710 e. The van der Waals surface area contributed by atoms with Crippen LogP contribution in [-0.4, -0.2) is 4.98 Å². The Morgan fingerprint density at radius 3 is 2.24 bits per heavy atom. The van der Waals surface area contributed by atoms with Crippen LogP contribution in [0.4, 0.5) is 0 Å². The van der Waals surface area contributed by atoms with Gasteiger partial charge in [-0.25, -0.2) is 4.98 Å². The normalized spacial score (nSPS) is 11.8. The van der Waals surface area contributed by atoms with Gasteiger partial charge in [0, 0.05) is 16.0 Å². The Balaban J connectivity index is 2.02. The van der Waals surface area contributed by atoms with Crippen LogP contribution in [0.1, 0.15) is 26.3 Å². The molecule has 2 aromatic carbocycles. The zero-order chi connectivity index (χ0) is 15.0. The average molecular weight is 296 g/mol. The van der Waals surface area contributed by atoms with Gasteiger partial charge >= 0.3 is 0 Å². The number of nitrogens with zero attached hydrogens (tertiary/aromatic N) is 1. The molecule has 0 fully saturated rings. The van der Waals surface area contributed by atoms with Crippen LogP contribution in [0.2, 0.25) is 5.02 Å². The highest BCUT2D eigenvalue weighted by Crippen LogP contribution is 2.27. The molecule has 0 spiro atoms. The minimum absolute atomic E-state index is 0.173. The zero-order valence-corrected chi connectivity index (χ0v) is 13.3. The summed E-state index contributed by atoms with van der Waals surface area (Å²) in [5.41, 5.74) is 4.60. The molecule has 2 heteroatoms. The minimum atomic E-state index is 0.173. The number of fused-ring (bicyclic) bond motifs is 1. The van der Waals surface area contributed by atoms with Crippen LogP contribution in [0.25, 0.3) is 22.2 Å². The first-order chi connectivity index (χ1) is 9.93. The number of pyridine rings is 1. The summed E-state index contributed by atoms with van der Waals surface area (Å²) in [5.74, 6) is 0. The molecule has 106 valence electrons. The van der Waals surface area contributed by atoms with E-state index in [4.69, 9.17) is 16.6 Å². The van der Waals surface area contributed by atoms with Crippen molar-refractivity contribution >= 4 is 22.5 Å². The lowest BCUT2D eigenvalue weighted by molar-refractivity contribution is 0.590. The van der Waals surface area contributed by atoms with Gasteiger partial charge in [-0.2, -0.15) is 0 Å². The summed E-state index contributed by atoms with van der Waals surface area (Å²) in [7, 11) is 0. The van der Waals surface area contributed by atoms with Crippen molar-refractivity contribution in [2.45, 2.75) is 26.2 Å². The van der Waals surface area contributed by atoms with Gasteiger partial charge < -0.3 is 0 Å². The highest BCUT2D eigenvalue weighted by molar-refractivity contribution is 6.31. The Morgan fingerprint density at radius 2 is 1.57 bits per heavy atom. The maximum atomic E-state index is 6.01. The smallest absolute Gasteiger partial charge is 0.0710 e. The van der Waals surface area contributed by atoms with Crippen molar-refractivity contribution in [3.63, 3.8) is 0 Å². The first-order valence-electron chi connectivity index (χ1n) is 7.11. The highest BCUT2D eigenvalue weighted by atomic mass is 35.5. The number of benzene rings is 2. The van der Waals surface area contributed by atoms with Crippen LogP contribution in [0.5, 0.6) is 0 Å². The second-order valence-electron chi connectivity index (χ2n) is 6.36. The third kappa shape index (κ3) is 2.93. The molecular formula is C19H18ClN. The molecule has 21 heavy (non-hydrogen) atoms. The molecule has 0 amide bonds. The number of hydrogen-bond acceptors (Lipinski definition) is 1. The summed E-state index contributed by atoms with van der Waals surface area (Å²) < 4.78 is 0. The van der Waals surface area contributed by atoms with Gasteiger partial charge in [0.05, 0.1) is 11.2 Å². The standard InChI is InChI=1S/C19H18ClN/c1-19(2,3)15-7-4-13(5-8-15)17-10-6-14-12-16(20)9-11-18(14)21-17/h4-12H,1-3H3. The summed E-state index contributed by atoms with van der Waals surface area (Å²) in [4.78, 5) is 4.72. The molecule has 0 atom stereocenters. The summed E-state index contributed by atoms with van der Waals surface area (Å²) in [6.45, 7) is 6.67. The van der Waals surface area contributed by atoms with E-state index in [0.29, 0.717) is 0 Å². The van der Waals surface area contributed by atoms with Gasteiger partial charge in [-0.3, -0.25) is 0 Å². The molecule has 0 aliphatic carbocycles. The molecule has 3 aromatic rings. The maximum absolute atomic E-state index is 6.01. The monoisotopic (exact) mass is 295 g/mol. The Bertz CT molecular complexity index is 783. The van der Waals surface area contributed by atoms with Gasteiger partial charge in [0.2, 0.25) is 0 Å². The molecule has 0 aliphatic heterocycles. The van der Waals surface area contributed by atoms with Crippen LogP contribution in [0, 0.1) is 0 Å². The number of hydrogen-bond donors (Lipinski definition) is 0. The van der Waals surface area contributed by atoms with Crippen molar-refractivity contribution in [1.29, 1.82) is 0 Å². The van der Waals surface area contributed by atoms with Crippen LogP contribution < -0.4 is 0 Å². The van der Waals surface area contributed by atoms with Gasteiger partial charge in [0.1, 0.15) is 0 Å². The summed E-state index contributed by atoms with van der Waals surface area (Å²) in [6, 6.07) is 18.6. The minimum Gasteiger partial charge on any atom is -0.248 e. The van der Waals surface area contributed by atoms with E-state index in [1.165, 1.54) is 5.56 Å². The SMILES string of the molecule is CC(C)(C)c1ccc(-c2ccc3cc(Cl)ccc3n2)cc1. The first kappa shape index (κ1) is 14.1. The van der Waals surface area contributed by atoms with E-state index in [-0.39, 0.29) is 5.41 Å². The molecule has 1 aromatic heterocycles. The average Bonchev–Trinajstić information content (AvgIpc) is 2.46. The van der Waals surface area contributed by atoms with E-state index in [9.17, 15) is 0 Å². The Labute approximate surface area is 130 Å². The summed E-state index contributed by atoms with van der Waals surface area (Å²) in [5, 5.41) is 1.81. The fourth-order valence-electron chi connectivity index (χ4n) is 2.40. The summed E-state index contributed by atoms with van der Waals surface area (Å²) in [6.07, 6.45) is 0. The molecule has 0 radical (unpaired) electrons. The topological polar surface area (TPSA) is 12.9 Å². The Hall–Kier alpha value is -1.86. The van der Waals surface area contributed by atoms with Crippen molar-refractivity contribution in [2.75, 3.05) is 0 Å². The van der Waals surface area contributed by atoms with E-state index >= 15 is 0 Å². The summed E-state index contributed by atoms with van der Waals surface area (Å²) >= 11 is 6.01. The Morgan fingerprint density at radius 1 is 0.857 bits per heavy atom. The zero-order valence-electron chi connectivity index (χ0n) is 12.5. The lowest BCUT2D eigenvalue weighted by Crippen LogP contribution is -2.10. The second kappa shape index (κ2) is 5.16. The molecule has 1 heterocycles. The van der Waals surface area contributed by atoms with Crippen LogP contribution >= 0.6 is 11.6 Å². The van der Waals surface area contributed by atoms with Crippen molar-refractivity contribution in [2.24, 2.45) is 0 Å². The lowest BCUT2D eigenvalue weighted by atomic mass is 9.86. The predicted octanol–water partition coefficient (Wildman–Crippen LogP) is 5.85. The van der Waals surface area contributed by atoms with Crippen molar-refractivity contribution in [1.82, 2.24) is 4.98 Å². The number of rotatable bonds is 1. The molecular weight excluding hydrogens is 278 g/mol. The molecule has 0 N–H and O–H groups in total. The molecule has 3 rings (SSSR count). The van der Waals surface area contributed by atoms with Crippen LogP contribution in [-0.2, 0) is 5.41 Å². The number of aromatic nitrogens is 1. The molecule has 0 bridgehead atoms. The highest BCUT2D eigenvalue weighted by Gasteiger charge is 2.13. The fourth-order valence-corrected chi connectivity index (χ4v) is 2.58. The number of halogens is 1. The quantitative estimate of drug-likeness (QED) is 0.548. The predicted molar refractivity (Wildman–Crippen MR) is 90.9 cm³/mol. The van der Waals surface area contributed by atoms with Crippen molar-refractivity contribution in [3.8, 4) is 11.3 Å². The van der Waals surface area contributed by atoms with E-state index in [0.717, 1.165) is 27.2 Å².